The van der Waals surface area contributed by atoms with Crippen molar-refractivity contribution in [3.8, 4) is 28.4 Å². The summed E-state index contributed by atoms with van der Waals surface area (Å²) in [5, 5.41) is 2.25. The molecule has 0 spiro atoms. The molecule has 0 aliphatic carbocycles. The summed E-state index contributed by atoms with van der Waals surface area (Å²) in [4.78, 5) is 13.5. The Morgan fingerprint density at radius 2 is 0.778 bits per heavy atom. The van der Waals surface area contributed by atoms with Crippen LogP contribution in [0.25, 0.3) is 33.1 Å². The molecule has 0 saturated carbocycles. The molecule has 0 radical (unpaired) electrons. The molecule has 7 rings (SSSR count). The molecule has 9 heteroatoms. The highest BCUT2D eigenvalue weighted by Gasteiger charge is 2.34. The standard InChI is InChI=1S/C63H84O7P2/c1-9-17-27-45-37-49(31-21-13-5)59(66-71-65-58-36-26-25-35-53(58)63(64)70-71)54(41-45)55-42-46(28-18-10-2)38-50(32-22-14-6)60(55)67-72-68-61-51(33-23-15-7)39-47(29-19-11-3)43-56(61)57-44-48(30-20-12-4)40-52(34-24-16-8)62(57)69-72/h25-26,35-44H,9-24,27-34H2,1-8H3. The lowest BCUT2D eigenvalue weighted by atomic mass is 9.90. The zero-order valence-corrected chi connectivity index (χ0v) is 46.9. The first-order valence-corrected chi connectivity index (χ1v) is 30.4. The van der Waals surface area contributed by atoms with E-state index in [1.807, 2.05) is 18.2 Å². The number of rotatable bonds is 29. The molecular weight excluding hydrogens is 931 g/mol. The van der Waals surface area contributed by atoms with Crippen LogP contribution in [0.2, 0.25) is 0 Å². The average Bonchev–Trinajstić information content (AvgIpc) is 3.55. The lowest BCUT2D eigenvalue weighted by Crippen LogP contribution is -2.15. The van der Waals surface area contributed by atoms with Crippen LogP contribution in [0.3, 0.4) is 0 Å². The van der Waals surface area contributed by atoms with E-state index in [-0.39, 0.29) is 0 Å². The Balaban J connectivity index is 1.55. The van der Waals surface area contributed by atoms with Crippen molar-refractivity contribution in [2.45, 2.75) is 209 Å². The summed E-state index contributed by atoms with van der Waals surface area (Å²) >= 11 is 0. The predicted octanol–water partition coefficient (Wildman–Crippen LogP) is 20.4. The smallest absolute Gasteiger partial charge is 0.408 e. The summed E-state index contributed by atoms with van der Waals surface area (Å²) in [5.74, 6) is 1.48. The zero-order chi connectivity index (χ0) is 50.8. The molecule has 1 unspecified atom stereocenters. The van der Waals surface area contributed by atoms with Gasteiger partial charge in [0.05, 0.1) is 0 Å². The number of para-hydroxylation sites is 1. The topological polar surface area (TPSA) is 80.3 Å². The van der Waals surface area contributed by atoms with E-state index in [1.54, 1.807) is 6.07 Å². The van der Waals surface area contributed by atoms with Gasteiger partial charge in [0.25, 0.3) is 0 Å². The minimum atomic E-state index is -2.12. The van der Waals surface area contributed by atoms with E-state index in [4.69, 9.17) is 26.5 Å². The summed E-state index contributed by atoms with van der Waals surface area (Å²) in [6.07, 6.45) is 24.6. The molecule has 0 saturated heterocycles. The molecule has 1 atom stereocenters. The van der Waals surface area contributed by atoms with Gasteiger partial charge in [0.1, 0.15) is 34.0 Å². The maximum absolute atomic E-state index is 13.5. The minimum Gasteiger partial charge on any atom is -0.408 e. The predicted molar refractivity (Wildman–Crippen MR) is 303 cm³/mol. The first-order chi connectivity index (χ1) is 35.2. The SMILES string of the molecule is CCCCc1cc(CCCC)c(OP2OC(=O)c3ccccc3O2)c(-c2cc(CCCC)cc(CCCC)c2Op2oc3c(CCCC)cc(CCCC)cc3c3cc(CCCC)cc(CCCC)c3o2)c1. The summed E-state index contributed by atoms with van der Waals surface area (Å²) in [6, 6.07) is 26.2. The number of hydrogen-bond donors (Lipinski definition) is 0. The molecule has 5 aromatic carbocycles. The fourth-order valence-corrected chi connectivity index (χ4v) is 12.1. The molecule has 388 valence electrons. The van der Waals surface area contributed by atoms with Crippen molar-refractivity contribution >= 4 is 44.8 Å². The molecule has 1 aliphatic rings. The Labute approximate surface area is 434 Å². The zero-order valence-electron chi connectivity index (χ0n) is 45.2. The summed E-state index contributed by atoms with van der Waals surface area (Å²) in [5.41, 5.74) is 14.0. The van der Waals surface area contributed by atoms with Crippen LogP contribution in [-0.2, 0) is 55.9 Å². The molecule has 1 aromatic heterocycles. The summed E-state index contributed by atoms with van der Waals surface area (Å²) in [7, 11) is -4.16. The van der Waals surface area contributed by atoms with Crippen molar-refractivity contribution in [3.63, 3.8) is 0 Å². The molecule has 6 aromatic rings. The second-order valence-corrected chi connectivity index (χ2v) is 22.1. The largest absolute Gasteiger partial charge is 0.532 e. The van der Waals surface area contributed by atoms with Crippen molar-refractivity contribution in [2.75, 3.05) is 0 Å². The molecule has 0 bridgehead atoms. The number of unbranched alkanes of at least 4 members (excludes halogenated alkanes) is 8. The van der Waals surface area contributed by atoms with Gasteiger partial charge in [-0.25, -0.2) is 4.79 Å². The van der Waals surface area contributed by atoms with E-state index in [9.17, 15) is 4.79 Å². The van der Waals surface area contributed by atoms with E-state index >= 15 is 0 Å². The molecule has 0 fully saturated rings. The molecule has 7 nitrogen and oxygen atoms in total. The van der Waals surface area contributed by atoms with Crippen LogP contribution in [0, 0.1) is 0 Å². The van der Waals surface area contributed by atoms with Crippen LogP contribution >= 0.6 is 16.8 Å². The van der Waals surface area contributed by atoms with E-state index < -0.39 is 22.8 Å². The molecule has 1 aliphatic heterocycles. The van der Waals surface area contributed by atoms with Crippen LogP contribution in [0.5, 0.6) is 17.2 Å². The lowest BCUT2D eigenvalue weighted by molar-refractivity contribution is 0.0697. The van der Waals surface area contributed by atoms with Crippen molar-refractivity contribution in [1.29, 1.82) is 0 Å². The van der Waals surface area contributed by atoms with Gasteiger partial charge in [0.15, 0.2) is 0 Å². The molecule has 72 heavy (non-hydrogen) atoms. The monoisotopic (exact) mass is 1010 g/mol. The Bertz CT molecular complexity index is 2670. The number of carbonyl (C=O) groups is 1. The van der Waals surface area contributed by atoms with Gasteiger partial charge in [-0.2, -0.15) is 0 Å². The second kappa shape index (κ2) is 28.1. The second-order valence-electron chi connectivity index (χ2n) is 20.1. The third-order valence-corrected chi connectivity index (χ3v) is 16.0. The van der Waals surface area contributed by atoms with Crippen LogP contribution in [-0.4, -0.2) is 5.97 Å². The molecule has 0 N–H and O–H groups in total. The van der Waals surface area contributed by atoms with Gasteiger partial charge in [-0.1, -0.05) is 143 Å². The first kappa shape index (κ1) is 55.1. The average molecular weight is 1020 g/mol. The third-order valence-electron chi connectivity index (χ3n) is 14.1. The molecule has 2 heterocycles. The van der Waals surface area contributed by atoms with Crippen molar-refractivity contribution in [1.82, 2.24) is 0 Å². The van der Waals surface area contributed by atoms with Gasteiger partial charge in [0, 0.05) is 21.9 Å². The van der Waals surface area contributed by atoms with Crippen molar-refractivity contribution in [3.05, 3.63) is 123 Å². The maximum Gasteiger partial charge on any atom is 0.532 e. The quantitative estimate of drug-likeness (QED) is 0.0433. The highest BCUT2D eigenvalue weighted by atomic mass is 31.2. The normalized spacial score (nSPS) is 13.3. The number of benzene rings is 5. The van der Waals surface area contributed by atoms with Gasteiger partial charge >= 0.3 is 22.8 Å². The highest BCUT2D eigenvalue weighted by Crippen LogP contribution is 2.53. The Hall–Kier alpha value is -4.70. The van der Waals surface area contributed by atoms with Gasteiger partial charge in [-0.05, 0) is 184 Å². The lowest BCUT2D eigenvalue weighted by Gasteiger charge is -2.26. The molecular formula is C63H84O7P2. The van der Waals surface area contributed by atoms with E-state index in [0.717, 1.165) is 204 Å². The Morgan fingerprint density at radius 1 is 0.403 bits per heavy atom. The first-order valence-electron chi connectivity index (χ1n) is 28.2. The fraction of sp³-hybridized carbons (Fsp3) is 0.508. The number of fused-ring (bicyclic) bond motifs is 4. The van der Waals surface area contributed by atoms with Crippen LogP contribution in [0.4, 0.5) is 0 Å². The van der Waals surface area contributed by atoms with Crippen molar-refractivity contribution < 1.29 is 31.3 Å². The van der Waals surface area contributed by atoms with Crippen LogP contribution < -0.4 is 13.6 Å². The molecule has 0 amide bonds. The Morgan fingerprint density at radius 3 is 1.22 bits per heavy atom. The number of aryl methyl sites for hydroxylation is 8. The van der Waals surface area contributed by atoms with Gasteiger partial charge in [-0.15, -0.1) is 0 Å². The number of carbonyl (C=O) groups excluding carboxylic acids is 1. The van der Waals surface area contributed by atoms with E-state index in [0.29, 0.717) is 17.1 Å². The minimum absolute atomic E-state index is 0.403. The van der Waals surface area contributed by atoms with Gasteiger partial charge in [0.2, 0.25) is 0 Å². The van der Waals surface area contributed by atoms with Crippen LogP contribution in [0.15, 0.2) is 81.2 Å². The van der Waals surface area contributed by atoms with E-state index in [2.05, 4.69) is 104 Å². The maximum atomic E-state index is 13.5. The number of hydrogen-bond acceptors (Lipinski definition) is 7. The van der Waals surface area contributed by atoms with E-state index in [1.165, 1.54) is 33.4 Å². The summed E-state index contributed by atoms with van der Waals surface area (Å²) in [6.45, 7) is 18.1. The third kappa shape index (κ3) is 14.1. The fourth-order valence-electron chi connectivity index (χ4n) is 9.89. The summed E-state index contributed by atoms with van der Waals surface area (Å²) < 4.78 is 41.9. The van der Waals surface area contributed by atoms with Gasteiger partial charge in [-0.3, -0.25) is 0 Å². The van der Waals surface area contributed by atoms with Crippen molar-refractivity contribution in [2.24, 2.45) is 0 Å². The highest BCUT2D eigenvalue weighted by molar-refractivity contribution is 7.43. The van der Waals surface area contributed by atoms with Gasteiger partial charge < -0.3 is 26.5 Å². The Kier molecular flexibility index (Phi) is 21.5. The van der Waals surface area contributed by atoms with Crippen LogP contribution in [0.1, 0.15) is 213 Å².